The molecule has 0 unspecified atom stereocenters. The number of aliphatic carboxylic acids is 2. The van der Waals surface area contributed by atoms with Crippen LogP contribution in [0.25, 0.3) is 0 Å². The number of carboxylic acids is 2. The molecule has 13 heavy (non-hydrogen) atoms. The third-order valence-corrected chi connectivity index (χ3v) is 0. The molecule has 82 valence electrons. The van der Waals surface area contributed by atoms with E-state index in [4.69, 9.17) is 19.8 Å². The van der Waals surface area contributed by atoms with Crippen molar-refractivity contribution in [1.82, 2.24) is 0 Å². The fourth-order valence-corrected chi connectivity index (χ4v) is 0. The van der Waals surface area contributed by atoms with Crippen LogP contribution in [0.5, 0.6) is 0 Å². The molecule has 0 atom stereocenters. The van der Waals surface area contributed by atoms with Crippen molar-refractivity contribution in [2.24, 2.45) is 0 Å². The maximum atomic E-state index is 9.00. The Morgan fingerprint density at radius 3 is 0.769 bits per heavy atom. The van der Waals surface area contributed by atoms with E-state index >= 15 is 0 Å². The van der Waals surface area contributed by atoms with Gasteiger partial charge in [-0.05, 0) is 0 Å². The molecule has 0 spiro atoms. The summed E-state index contributed by atoms with van der Waals surface area (Å²) in [6.45, 7) is 2.17. The molecule has 0 saturated carbocycles. The summed E-state index contributed by atoms with van der Waals surface area (Å²) in [4.78, 5) is 18.0. The van der Waals surface area contributed by atoms with E-state index in [9.17, 15) is 0 Å². The highest BCUT2D eigenvalue weighted by atomic mass is 24.3. The first-order valence-electron chi connectivity index (χ1n) is 1.86. The topological polar surface area (TPSA) is 201 Å². The number of carbonyl (C=O) groups is 2. The van der Waals surface area contributed by atoms with Crippen molar-refractivity contribution in [3.63, 3.8) is 0 Å². The first kappa shape index (κ1) is 54.4. The molecule has 0 aromatic heterocycles. The van der Waals surface area contributed by atoms with Gasteiger partial charge in [0.1, 0.15) is 0 Å². The van der Waals surface area contributed by atoms with Gasteiger partial charge in [-0.2, -0.15) is 0 Å². The Balaban J connectivity index is -0.00000000800. The van der Waals surface area contributed by atoms with Gasteiger partial charge in [-0.25, -0.2) is 0 Å². The molecule has 0 aromatic carbocycles. The maximum absolute atomic E-state index is 9.00. The predicted molar refractivity (Wildman–Crippen MR) is 46.8 cm³/mol. The Bertz CT molecular complexity index is 74.1. The lowest BCUT2D eigenvalue weighted by molar-refractivity contribution is -0.135. The molecular formula is C4H16MgO8. The summed E-state index contributed by atoms with van der Waals surface area (Å²) >= 11 is 0. The quantitative estimate of drug-likeness (QED) is 0.396. The van der Waals surface area contributed by atoms with Gasteiger partial charge in [-0.1, -0.05) is 0 Å². The van der Waals surface area contributed by atoms with E-state index in [2.05, 4.69) is 0 Å². The van der Waals surface area contributed by atoms with Gasteiger partial charge in [0.25, 0.3) is 11.9 Å². The van der Waals surface area contributed by atoms with Crippen molar-refractivity contribution in [2.75, 3.05) is 0 Å². The SMILES string of the molecule is CC(=O)O.CC(=O)O.O.O.O.O.[Mg]. The molecule has 0 bridgehead atoms. The van der Waals surface area contributed by atoms with Crippen LogP contribution < -0.4 is 0 Å². The van der Waals surface area contributed by atoms with Crippen molar-refractivity contribution in [1.29, 1.82) is 0 Å². The second-order valence-electron chi connectivity index (χ2n) is 1.04. The van der Waals surface area contributed by atoms with Gasteiger partial charge >= 0.3 is 0 Å². The molecule has 0 aliphatic rings. The van der Waals surface area contributed by atoms with E-state index in [1.54, 1.807) is 0 Å². The Morgan fingerprint density at radius 2 is 0.769 bits per heavy atom. The van der Waals surface area contributed by atoms with Crippen LogP contribution in [0.4, 0.5) is 0 Å². The van der Waals surface area contributed by atoms with Crippen LogP contribution in [0.3, 0.4) is 0 Å². The van der Waals surface area contributed by atoms with Gasteiger partial charge in [0.2, 0.25) is 0 Å². The minimum atomic E-state index is -0.833. The Labute approximate surface area is 90.9 Å². The molecule has 0 heterocycles. The third-order valence-electron chi connectivity index (χ3n) is 0. The van der Waals surface area contributed by atoms with Crippen molar-refractivity contribution in [3.8, 4) is 0 Å². The molecule has 9 heteroatoms. The predicted octanol–water partition coefficient (Wildman–Crippen LogP) is -3.50. The van der Waals surface area contributed by atoms with Crippen LogP contribution in [0.15, 0.2) is 0 Å². The van der Waals surface area contributed by atoms with Crippen LogP contribution in [-0.2, 0) is 9.59 Å². The first-order valence-corrected chi connectivity index (χ1v) is 1.86. The minimum Gasteiger partial charge on any atom is -0.481 e. The summed E-state index contributed by atoms with van der Waals surface area (Å²) in [5, 5.41) is 14.8. The number of rotatable bonds is 0. The molecule has 2 radical (unpaired) electrons. The fourth-order valence-electron chi connectivity index (χ4n) is 0. The highest BCUT2D eigenvalue weighted by Crippen LogP contribution is 1.42. The highest BCUT2D eigenvalue weighted by Gasteiger charge is 1.65. The van der Waals surface area contributed by atoms with Crippen LogP contribution in [0, 0.1) is 0 Å². The molecule has 0 saturated heterocycles. The lowest BCUT2D eigenvalue weighted by Gasteiger charge is -1.59. The molecular weight excluding hydrogens is 200 g/mol. The zero-order valence-corrected chi connectivity index (χ0v) is 8.83. The van der Waals surface area contributed by atoms with E-state index in [0.717, 1.165) is 13.8 Å². The first-order chi connectivity index (χ1) is 3.46. The van der Waals surface area contributed by atoms with Crippen molar-refractivity contribution >= 4 is 35.0 Å². The second kappa shape index (κ2) is 41.7. The summed E-state index contributed by atoms with van der Waals surface area (Å²) in [5.74, 6) is -1.67. The molecule has 0 amide bonds. The van der Waals surface area contributed by atoms with Crippen LogP contribution in [-0.4, -0.2) is 67.1 Å². The summed E-state index contributed by atoms with van der Waals surface area (Å²) < 4.78 is 0. The highest BCUT2D eigenvalue weighted by molar-refractivity contribution is 5.75. The van der Waals surface area contributed by atoms with E-state index in [-0.39, 0.29) is 45.0 Å². The minimum absolute atomic E-state index is 0. The Morgan fingerprint density at radius 1 is 0.769 bits per heavy atom. The Kier molecular flexibility index (Phi) is 175. The maximum Gasteiger partial charge on any atom is 0.300 e. The second-order valence-corrected chi connectivity index (χ2v) is 1.04. The molecule has 0 rings (SSSR count). The van der Waals surface area contributed by atoms with E-state index in [0.29, 0.717) is 0 Å². The fraction of sp³-hybridized carbons (Fsp3) is 0.500. The van der Waals surface area contributed by atoms with Gasteiger partial charge in [-0.15, -0.1) is 0 Å². The molecule has 8 nitrogen and oxygen atoms in total. The van der Waals surface area contributed by atoms with Gasteiger partial charge in [0.05, 0.1) is 0 Å². The average Bonchev–Trinajstić information content (AvgIpc) is 1.25. The largest absolute Gasteiger partial charge is 0.481 e. The van der Waals surface area contributed by atoms with Gasteiger partial charge in [0, 0.05) is 36.9 Å². The van der Waals surface area contributed by atoms with Crippen molar-refractivity contribution in [3.05, 3.63) is 0 Å². The summed E-state index contributed by atoms with van der Waals surface area (Å²) in [6, 6.07) is 0. The van der Waals surface area contributed by atoms with E-state index in [1.807, 2.05) is 0 Å². The monoisotopic (exact) mass is 216 g/mol. The standard InChI is InChI=1S/2C2H4O2.Mg.4H2O/c2*1-2(3)4;;;;;/h2*1H3,(H,3,4);;4*1H2. The summed E-state index contributed by atoms with van der Waals surface area (Å²) in [6.07, 6.45) is 0. The van der Waals surface area contributed by atoms with Gasteiger partial charge in [-0.3, -0.25) is 9.59 Å². The number of hydrogen-bond donors (Lipinski definition) is 2. The Hall–Kier alpha value is -0.454. The zero-order valence-electron chi connectivity index (χ0n) is 7.42. The normalized spacial score (nSPS) is 3.85. The van der Waals surface area contributed by atoms with Crippen molar-refractivity contribution < 1.29 is 41.7 Å². The molecule has 0 fully saturated rings. The number of carboxylic acid groups (broad SMARTS) is 2. The molecule has 0 aliphatic heterocycles. The number of hydrogen-bond acceptors (Lipinski definition) is 2. The van der Waals surface area contributed by atoms with Crippen LogP contribution in [0.1, 0.15) is 13.8 Å². The van der Waals surface area contributed by atoms with Crippen LogP contribution in [0.2, 0.25) is 0 Å². The van der Waals surface area contributed by atoms with E-state index in [1.165, 1.54) is 0 Å². The van der Waals surface area contributed by atoms with Gasteiger partial charge in [0.15, 0.2) is 0 Å². The zero-order chi connectivity index (χ0) is 7.15. The van der Waals surface area contributed by atoms with E-state index < -0.39 is 11.9 Å². The molecule has 0 aromatic rings. The lowest BCUT2D eigenvalue weighted by Crippen LogP contribution is -1.78. The smallest absolute Gasteiger partial charge is 0.300 e. The lowest BCUT2D eigenvalue weighted by atomic mass is 10.9. The van der Waals surface area contributed by atoms with Crippen LogP contribution >= 0.6 is 0 Å². The summed E-state index contributed by atoms with van der Waals surface area (Å²) in [7, 11) is 0. The molecule has 0 aliphatic carbocycles. The van der Waals surface area contributed by atoms with Crippen molar-refractivity contribution in [2.45, 2.75) is 13.8 Å². The van der Waals surface area contributed by atoms with Gasteiger partial charge < -0.3 is 32.1 Å². The summed E-state index contributed by atoms with van der Waals surface area (Å²) in [5.41, 5.74) is 0. The average molecular weight is 216 g/mol. The third kappa shape index (κ3) is 5110. The molecule has 10 N–H and O–H groups in total.